The Morgan fingerprint density at radius 1 is 0.848 bits per heavy atom. The molecule has 8 heteroatoms. The van der Waals surface area contributed by atoms with Gasteiger partial charge in [0.2, 0.25) is 5.95 Å². The van der Waals surface area contributed by atoms with Gasteiger partial charge in [0, 0.05) is 43.9 Å². The molecule has 174 valence electrons. The summed E-state index contributed by atoms with van der Waals surface area (Å²) in [6.45, 7) is 8.20. The Bertz CT molecular complexity index is 1030. The van der Waals surface area contributed by atoms with Crippen molar-refractivity contribution in [1.82, 2.24) is 20.1 Å². The second-order valence-corrected chi connectivity index (χ2v) is 8.28. The highest BCUT2D eigenvalue weighted by Crippen LogP contribution is 2.32. The molecule has 0 saturated carbocycles. The number of piperazine rings is 1. The Morgan fingerprint density at radius 3 is 2.03 bits per heavy atom. The first-order chi connectivity index (χ1) is 16.1. The van der Waals surface area contributed by atoms with Crippen molar-refractivity contribution in [1.29, 1.82) is 0 Å². The number of hydrogen-bond acceptors (Lipinski definition) is 8. The first kappa shape index (κ1) is 22.9. The van der Waals surface area contributed by atoms with E-state index in [0.717, 1.165) is 60.2 Å². The summed E-state index contributed by atoms with van der Waals surface area (Å²) in [5, 5.41) is 18.3. The van der Waals surface area contributed by atoms with Crippen LogP contribution in [-0.2, 0) is 0 Å². The first-order valence-electron chi connectivity index (χ1n) is 11.3. The molecule has 1 fully saturated rings. The van der Waals surface area contributed by atoms with Gasteiger partial charge in [0.1, 0.15) is 22.9 Å². The lowest BCUT2D eigenvalue weighted by Crippen LogP contribution is -2.47. The van der Waals surface area contributed by atoms with E-state index in [2.05, 4.69) is 20.0 Å². The SMILES string of the molecule is COc1ccc(-c2nc(N3CCN(CCO)CC3)nnc2-c2ccc(OC(C)C)cc2)cc1. The highest BCUT2D eigenvalue weighted by Gasteiger charge is 2.21. The Hall–Kier alpha value is -3.23. The minimum absolute atomic E-state index is 0.115. The number of anilines is 1. The molecule has 0 amide bonds. The molecule has 0 radical (unpaired) electrons. The maximum absolute atomic E-state index is 9.19. The summed E-state index contributed by atoms with van der Waals surface area (Å²) in [6, 6.07) is 15.7. The summed E-state index contributed by atoms with van der Waals surface area (Å²) in [6.07, 6.45) is 0.115. The van der Waals surface area contributed by atoms with E-state index in [1.54, 1.807) is 7.11 Å². The van der Waals surface area contributed by atoms with Gasteiger partial charge in [-0.05, 0) is 62.4 Å². The van der Waals surface area contributed by atoms with E-state index in [9.17, 15) is 5.11 Å². The van der Waals surface area contributed by atoms with E-state index in [4.69, 9.17) is 14.5 Å². The molecule has 0 bridgehead atoms. The van der Waals surface area contributed by atoms with Crippen molar-refractivity contribution in [2.75, 3.05) is 51.3 Å². The summed E-state index contributed by atoms with van der Waals surface area (Å²) in [5.74, 6) is 2.23. The largest absolute Gasteiger partial charge is 0.497 e. The van der Waals surface area contributed by atoms with Crippen LogP contribution in [0.25, 0.3) is 22.5 Å². The predicted octanol–water partition coefficient (Wildman–Crippen LogP) is 3.12. The Kier molecular flexibility index (Phi) is 7.36. The van der Waals surface area contributed by atoms with Crippen molar-refractivity contribution < 1.29 is 14.6 Å². The van der Waals surface area contributed by atoms with E-state index >= 15 is 0 Å². The van der Waals surface area contributed by atoms with Gasteiger partial charge in [-0.15, -0.1) is 10.2 Å². The zero-order chi connectivity index (χ0) is 23.2. The monoisotopic (exact) mass is 449 g/mol. The van der Waals surface area contributed by atoms with E-state index in [0.29, 0.717) is 12.5 Å². The van der Waals surface area contributed by atoms with Gasteiger partial charge in [-0.25, -0.2) is 4.98 Å². The summed E-state index contributed by atoms with van der Waals surface area (Å²) in [4.78, 5) is 9.34. The molecule has 4 rings (SSSR count). The summed E-state index contributed by atoms with van der Waals surface area (Å²) >= 11 is 0. The lowest BCUT2D eigenvalue weighted by molar-refractivity contribution is 0.188. The first-order valence-corrected chi connectivity index (χ1v) is 11.3. The summed E-state index contributed by atoms with van der Waals surface area (Å²) in [5.41, 5.74) is 3.37. The van der Waals surface area contributed by atoms with Gasteiger partial charge in [0.05, 0.1) is 19.8 Å². The molecule has 0 unspecified atom stereocenters. The fourth-order valence-electron chi connectivity index (χ4n) is 3.87. The van der Waals surface area contributed by atoms with Crippen molar-refractivity contribution in [2.45, 2.75) is 20.0 Å². The Labute approximate surface area is 194 Å². The molecule has 0 atom stereocenters. The fraction of sp³-hybridized carbons (Fsp3) is 0.400. The van der Waals surface area contributed by atoms with E-state index in [1.165, 1.54) is 0 Å². The average Bonchev–Trinajstić information content (AvgIpc) is 2.85. The van der Waals surface area contributed by atoms with Crippen LogP contribution < -0.4 is 14.4 Å². The molecule has 1 aliphatic rings. The molecule has 3 aromatic rings. The van der Waals surface area contributed by atoms with Crippen LogP contribution in [0.15, 0.2) is 48.5 Å². The number of nitrogens with zero attached hydrogens (tertiary/aromatic N) is 5. The van der Waals surface area contributed by atoms with Crippen molar-refractivity contribution in [2.24, 2.45) is 0 Å². The minimum Gasteiger partial charge on any atom is -0.497 e. The van der Waals surface area contributed by atoms with Crippen LogP contribution in [-0.4, -0.2) is 77.7 Å². The maximum atomic E-state index is 9.19. The molecule has 33 heavy (non-hydrogen) atoms. The molecule has 2 heterocycles. The molecular weight excluding hydrogens is 418 g/mol. The number of ether oxygens (including phenoxy) is 2. The molecule has 0 aliphatic carbocycles. The van der Waals surface area contributed by atoms with Gasteiger partial charge < -0.3 is 19.5 Å². The Balaban J connectivity index is 1.67. The maximum Gasteiger partial charge on any atom is 0.246 e. The van der Waals surface area contributed by atoms with Crippen LogP contribution in [0.5, 0.6) is 11.5 Å². The quantitative estimate of drug-likeness (QED) is 0.562. The summed E-state index contributed by atoms with van der Waals surface area (Å²) in [7, 11) is 1.65. The lowest BCUT2D eigenvalue weighted by Gasteiger charge is -2.34. The van der Waals surface area contributed by atoms with Crippen LogP contribution in [0, 0.1) is 0 Å². The molecule has 1 aromatic heterocycles. The smallest absolute Gasteiger partial charge is 0.246 e. The van der Waals surface area contributed by atoms with Crippen LogP contribution in [0.1, 0.15) is 13.8 Å². The van der Waals surface area contributed by atoms with Gasteiger partial charge in [-0.2, -0.15) is 0 Å². The zero-order valence-electron chi connectivity index (χ0n) is 19.4. The predicted molar refractivity (Wildman–Crippen MR) is 129 cm³/mol. The van der Waals surface area contributed by atoms with Gasteiger partial charge >= 0.3 is 0 Å². The number of hydrogen-bond donors (Lipinski definition) is 1. The molecular formula is C25H31N5O3. The topological polar surface area (TPSA) is 83.8 Å². The number of rotatable bonds is 8. The lowest BCUT2D eigenvalue weighted by atomic mass is 10.0. The van der Waals surface area contributed by atoms with Crippen molar-refractivity contribution in [3.05, 3.63) is 48.5 Å². The van der Waals surface area contributed by atoms with Crippen LogP contribution in [0.3, 0.4) is 0 Å². The fourth-order valence-corrected chi connectivity index (χ4v) is 3.87. The van der Waals surface area contributed by atoms with Gasteiger partial charge in [0.15, 0.2) is 0 Å². The standard InChI is InChI=1S/C25H31N5O3/c1-18(2)33-22-10-6-20(7-11-22)24-23(19-4-8-21(32-3)9-5-19)26-25(28-27-24)30-14-12-29(13-15-30)16-17-31/h4-11,18,31H,12-17H2,1-3H3. The molecule has 1 saturated heterocycles. The normalized spacial score (nSPS) is 14.5. The third-order valence-electron chi connectivity index (χ3n) is 5.61. The molecule has 8 nitrogen and oxygen atoms in total. The highest BCUT2D eigenvalue weighted by molar-refractivity contribution is 5.78. The van der Waals surface area contributed by atoms with Crippen molar-refractivity contribution in [3.8, 4) is 34.0 Å². The van der Waals surface area contributed by atoms with Crippen LogP contribution in [0.2, 0.25) is 0 Å². The zero-order valence-corrected chi connectivity index (χ0v) is 19.4. The van der Waals surface area contributed by atoms with E-state index in [1.807, 2.05) is 62.4 Å². The number of methoxy groups -OCH3 is 1. The minimum atomic E-state index is 0.115. The van der Waals surface area contributed by atoms with Gasteiger partial charge in [0.25, 0.3) is 0 Å². The van der Waals surface area contributed by atoms with Gasteiger partial charge in [-0.1, -0.05) is 0 Å². The van der Waals surface area contributed by atoms with Crippen molar-refractivity contribution in [3.63, 3.8) is 0 Å². The van der Waals surface area contributed by atoms with Crippen LogP contribution >= 0.6 is 0 Å². The summed E-state index contributed by atoms with van der Waals surface area (Å²) < 4.78 is 11.1. The number of benzene rings is 2. The third kappa shape index (κ3) is 5.58. The van der Waals surface area contributed by atoms with Crippen LogP contribution in [0.4, 0.5) is 5.95 Å². The average molecular weight is 450 g/mol. The molecule has 1 N–H and O–H groups in total. The second-order valence-electron chi connectivity index (χ2n) is 8.28. The third-order valence-corrected chi connectivity index (χ3v) is 5.61. The second kappa shape index (κ2) is 10.6. The van der Waals surface area contributed by atoms with Gasteiger partial charge in [-0.3, -0.25) is 4.90 Å². The van der Waals surface area contributed by atoms with E-state index in [-0.39, 0.29) is 12.7 Å². The highest BCUT2D eigenvalue weighted by atomic mass is 16.5. The van der Waals surface area contributed by atoms with E-state index < -0.39 is 0 Å². The Morgan fingerprint density at radius 2 is 1.45 bits per heavy atom. The van der Waals surface area contributed by atoms with Crippen molar-refractivity contribution >= 4 is 5.95 Å². The molecule has 2 aromatic carbocycles. The molecule has 0 spiro atoms. The number of β-amino-alcohol motifs (C(OH)–C–C–N with tert-alkyl or cyclic N) is 1. The molecule has 1 aliphatic heterocycles. The number of aliphatic hydroxyl groups excluding tert-OH is 1. The number of aromatic nitrogens is 3. The number of aliphatic hydroxyl groups is 1.